The molecule has 4 aromatic rings. The van der Waals surface area contributed by atoms with Crippen LogP contribution in [0.2, 0.25) is 0 Å². The second kappa shape index (κ2) is 14.8. The fourth-order valence-electron chi connectivity index (χ4n) is 4.54. The van der Waals surface area contributed by atoms with Crippen molar-refractivity contribution in [3.8, 4) is 0 Å². The maximum Gasteiger partial charge on any atom is 0.423 e. The van der Waals surface area contributed by atoms with Gasteiger partial charge in [-0.15, -0.1) is 0 Å². The molecule has 46 heavy (non-hydrogen) atoms. The van der Waals surface area contributed by atoms with Crippen LogP contribution >= 0.6 is 0 Å². The molecular weight excluding hydrogens is 627 g/mol. The first kappa shape index (κ1) is 33.8. The summed E-state index contributed by atoms with van der Waals surface area (Å²) in [4.78, 5) is 35.2. The first-order valence-electron chi connectivity index (χ1n) is 13.8. The first-order chi connectivity index (χ1) is 21.8. The van der Waals surface area contributed by atoms with Gasteiger partial charge in [0.2, 0.25) is 10.0 Å². The zero-order chi connectivity index (χ0) is 33.3. The number of nitrogens with one attached hydrogen (secondary N) is 2. The Morgan fingerprint density at radius 3 is 1.91 bits per heavy atom. The molecule has 2 atom stereocenters. The molecule has 2 N–H and O–H groups in total. The quantitative estimate of drug-likeness (QED) is 0.116. The molecule has 0 heterocycles. The lowest BCUT2D eigenvalue weighted by atomic mass is 10.1. The van der Waals surface area contributed by atoms with Crippen LogP contribution in [0.15, 0.2) is 114 Å². The molecule has 0 aromatic heterocycles. The third-order valence-corrected chi connectivity index (χ3v) is 8.24. The molecule has 1 amide bonds. The molecule has 0 radical (unpaired) electrons. The number of sulfonamides is 1. The summed E-state index contributed by atoms with van der Waals surface area (Å²) in [7, 11) is -4.84. The number of nitro groups is 1. The van der Waals surface area contributed by atoms with Crippen molar-refractivity contribution >= 4 is 27.6 Å². The second-order valence-corrected chi connectivity index (χ2v) is 11.9. The highest BCUT2D eigenvalue weighted by molar-refractivity contribution is 7.89. The molecule has 0 bridgehead atoms. The number of rotatable bonds is 13. The monoisotopic (exact) mass is 655 g/mol. The predicted octanol–water partition coefficient (Wildman–Crippen LogP) is 5.09. The summed E-state index contributed by atoms with van der Waals surface area (Å²) in [6.07, 6.45) is -5.21. The SMILES string of the molecule is O=C(N[C@H](COC(=O)[C@H](Cc1ccccc1)NS(=O)(=O)c1ccc([N+](=O)[O-])c(C(F)(F)F)c1)Cc1ccccc1)c1ccccc1. The number of halogens is 3. The van der Waals surface area contributed by atoms with Gasteiger partial charge in [-0.25, -0.2) is 8.42 Å². The van der Waals surface area contributed by atoms with Gasteiger partial charge in [0.15, 0.2) is 0 Å². The van der Waals surface area contributed by atoms with Crippen molar-refractivity contribution in [2.24, 2.45) is 0 Å². The van der Waals surface area contributed by atoms with Crippen molar-refractivity contribution < 1.29 is 40.8 Å². The third-order valence-electron chi connectivity index (χ3n) is 6.77. The Bertz CT molecular complexity index is 1770. The number of amides is 1. The maximum atomic E-state index is 13.6. The number of ether oxygens (including phenoxy) is 1. The zero-order valence-electron chi connectivity index (χ0n) is 24.0. The third kappa shape index (κ3) is 9.22. The first-order valence-corrected chi connectivity index (χ1v) is 15.3. The highest BCUT2D eigenvalue weighted by Gasteiger charge is 2.40. The van der Waals surface area contributed by atoms with E-state index in [9.17, 15) is 41.3 Å². The summed E-state index contributed by atoms with van der Waals surface area (Å²) in [5.74, 6) is -1.49. The number of carbonyl (C=O) groups is 2. The van der Waals surface area contributed by atoms with Crippen molar-refractivity contribution in [3.05, 3.63) is 142 Å². The smallest absolute Gasteiger partial charge is 0.423 e. The van der Waals surface area contributed by atoms with Gasteiger partial charge in [-0.3, -0.25) is 19.7 Å². The van der Waals surface area contributed by atoms with Crippen LogP contribution < -0.4 is 10.0 Å². The van der Waals surface area contributed by atoms with Gasteiger partial charge < -0.3 is 10.1 Å². The predicted molar refractivity (Wildman–Crippen MR) is 161 cm³/mol. The Hall–Kier alpha value is -5.08. The van der Waals surface area contributed by atoms with E-state index in [1.807, 2.05) is 18.2 Å². The van der Waals surface area contributed by atoms with Crippen LogP contribution in [0.4, 0.5) is 18.9 Å². The molecule has 0 aliphatic heterocycles. The summed E-state index contributed by atoms with van der Waals surface area (Å²) in [6, 6.07) is 24.4. The summed E-state index contributed by atoms with van der Waals surface area (Å²) in [6.45, 7) is -0.366. The molecule has 0 aliphatic rings. The van der Waals surface area contributed by atoms with E-state index in [0.717, 1.165) is 5.56 Å². The van der Waals surface area contributed by atoms with Crippen LogP contribution in [-0.4, -0.2) is 43.9 Å². The van der Waals surface area contributed by atoms with E-state index in [0.29, 0.717) is 23.3 Å². The van der Waals surface area contributed by atoms with Crippen molar-refractivity contribution in [3.63, 3.8) is 0 Å². The molecule has 0 aliphatic carbocycles. The second-order valence-electron chi connectivity index (χ2n) is 10.2. The Kier molecular flexibility index (Phi) is 10.9. The molecule has 10 nitrogen and oxygen atoms in total. The van der Waals surface area contributed by atoms with Crippen LogP contribution in [0.5, 0.6) is 0 Å². The molecule has 0 saturated carbocycles. The van der Waals surface area contributed by atoms with Gasteiger partial charge in [0.05, 0.1) is 15.9 Å². The Labute approximate surface area is 262 Å². The van der Waals surface area contributed by atoms with Gasteiger partial charge in [-0.1, -0.05) is 78.9 Å². The normalized spacial score (nSPS) is 12.9. The van der Waals surface area contributed by atoms with Gasteiger partial charge in [-0.2, -0.15) is 17.9 Å². The lowest BCUT2D eigenvalue weighted by Crippen LogP contribution is -2.46. The minimum atomic E-state index is -5.23. The highest BCUT2D eigenvalue weighted by Crippen LogP contribution is 2.37. The molecule has 0 spiro atoms. The van der Waals surface area contributed by atoms with E-state index >= 15 is 0 Å². The summed E-state index contributed by atoms with van der Waals surface area (Å²) in [5, 5.41) is 14.0. The van der Waals surface area contributed by atoms with Crippen molar-refractivity contribution in [2.75, 3.05) is 6.61 Å². The number of nitro benzene ring substituents is 1. The number of carbonyl (C=O) groups excluding carboxylic acids is 2. The Balaban J connectivity index is 1.58. The Morgan fingerprint density at radius 2 is 1.37 bits per heavy atom. The van der Waals surface area contributed by atoms with E-state index < -0.39 is 61.2 Å². The lowest BCUT2D eigenvalue weighted by Gasteiger charge is -2.22. The van der Waals surface area contributed by atoms with Gasteiger partial charge in [0.1, 0.15) is 18.2 Å². The standard InChI is InChI=1S/C32H28F3N3O7S/c33-32(34,35)27-20-26(16-17-29(27)38(41)42)46(43,44)37-28(19-23-12-6-2-7-13-23)31(40)45-21-25(18-22-10-4-1-5-11-22)36-30(39)24-14-8-3-9-15-24/h1-17,20,25,28,37H,18-19,21H2,(H,36,39)/t25-,28-/m0/s1. The Morgan fingerprint density at radius 1 is 0.826 bits per heavy atom. The van der Waals surface area contributed by atoms with Crippen LogP contribution in [0.25, 0.3) is 0 Å². The van der Waals surface area contributed by atoms with Gasteiger partial charge in [0, 0.05) is 11.6 Å². The van der Waals surface area contributed by atoms with Gasteiger partial charge >= 0.3 is 12.1 Å². The largest absolute Gasteiger partial charge is 0.462 e. The average Bonchev–Trinajstić information content (AvgIpc) is 3.03. The number of esters is 1. The van der Waals surface area contributed by atoms with E-state index in [2.05, 4.69) is 10.0 Å². The zero-order valence-corrected chi connectivity index (χ0v) is 24.8. The molecule has 0 unspecified atom stereocenters. The number of nitrogens with zero attached hydrogens (tertiary/aromatic N) is 1. The van der Waals surface area contributed by atoms with E-state index in [-0.39, 0.29) is 25.5 Å². The van der Waals surface area contributed by atoms with Crippen LogP contribution in [0, 0.1) is 10.1 Å². The fourth-order valence-corrected chi connectivity index (χ4v) is 5.75. The molecule has 0 fully saturated rings. The van der Waals surface area contributed by atoms with E-state index in [1.165, 1.54) is 0 Å². The van der Waals surface area contributed by atoms with Crippen LogP contribution in [-0.2, 0) is 38.6 Å². The number of hydrogen-bond donors (Lipinski definition) is 2. The minimum Gasteiger partial charge on any atom is -0.462 e. The number of hydrogen-bond acceptors (Lipinski definition) is 7. The minimum absolute atomic E-state index is 0.139. The lowest BCUT2D eigenvalue weighted by molar-refractivity contribution is -0.388. The molecular formula is C32H28F3N3O7S. The molecule has 0 saturated heterocycles. The van der Waals surface area contributed by atoms with Gasteiger partial charge in [-0.05, 0) is 48.2 Å². The highest BCUT2D eigenvalue weighted by atomic mass is 32.2. The van der Waals surface area contributed by atoms with Gasteiger partial charge in [0.25, 0.3) is 11.6 Å². The molecule has 240 valence electrons. The maximum absolute atomic E-state index is 13.6. The topological polar surface area (TPSA) is 145 Å². The van der Waals surface area contributed by atoms with Crippen molar-refractivity contribution in [2.45, 2.75) is 36.0 Å². The summed E-state index contributed by atoms with van der Waals surface area (Å²) < 4.78 is 74.8. The van der Waals surface area contributed by atoms with Crippen molar-refractivity contribution in [1.29, 1.82) is 0 Å². The molecule has 14 heteroatoms. The number of benzene rings is 4. The average molecular weight is 656 g/mol. The summed E-state index contributed by atoms with van der Waals surface area (Å²) in [5.41, 5.74) is -1.40. The fraction of sp³-hybridized carbons (Fsp3) is 0.188. The van der Waals surface area contributed by atoms with Crippen LogP contribution in [0.1, 0.15) is 27.0 Å². The van der Waals surface area contributed by atoms with E-state index in [4.69, 9.17) is 4.74 Å². The molecule has 4 aromatic carbocycles. The summed E-state index contributed by atoms with van der Waals surface area (Å²) >= 11 is 0. The van der Waals surface area contributed by atoms with Crippen molar-refractivity contribution in [1.82, 2.24) is 10.0 Å². The van der Waals surface area contributed by atoms with E-state index in [1.54, 1.807) is 72.8 Å². The number of alkyl halides is 3. The van der Waals surface area contributed by atoms with Crippen LogP contribution in [0.3, 0.4) is 0 Å². The molecule has 4 rings (SSSR count).